The molecule has 0 spiro atoms. The van der Waals surface area contributed by atoms with Crippen LogP contribution in [0.4, 0.5) is 0 Å². The summed E-state index contributed by atoms with van der Waals surface area (Å²) in [6, 6.07) is 8.48. The number of furan rings is 1. The molecule has 2 heterocycles. The first-order valence-corrected chi connectivity index (χ1v) is 8.25. The van der Waals surface area contributed by atoms with Crippen LogP contribution in [0, 0.1) is 0 Å². The number of guanidine groups is 1. The maximum Gasteiger partial charge on any atom is 0.191 e. The fourth-order valence-electron chi connectivity index (χ4n) is 1.81. The van der Waals surface area contributed by atoms with E-state index in [1.807, 2.05) is 12.1 Å². The van der Waals surface area contributed by atoms with Gasteiger partial charge in [0.05, 0.1) is 12.8 Å². The lowest BCUT2D eigenvalue weighted by molar-refractivity contribution is 0.506. The van der Waals surface area contributed by atoms with Crippen molar-refractivity contribution < 1.29 is 4.42 Å². The number of thiophene rings is 1. The summed E-state index contributed by atoms with van der Waals surface area (Å²) < 4.78 is 5.34. The van der Waals surface area contributed by atoms with Gasteiger partial charge in [-0.05, 0) is 36.9 Å². The Morgan fingerprint density at radius 1 is 1.36 bits per heavy atom. The Morgan fingerprint density at radius 2 is 2.23 bits per heavy atom. The standard InChI is InChI=1S/C16H23N3OS.HI/c1-3-13(2)19-16(18-12-15-7-5-11-21-15)17-9-8-14-6-4-10-20-14;/h4-7,10-11,13H,3,8-9,12H2,1-2H3,(H2,17,18,19);1H. The summed E-state index contributed by atoms with van der Waals surface area (Å²) >= 11 is 1.73. The molecule has 2 N–H and O–H groups in total. The Balaban J connectivity index is 0.00000242. The number of hydrogen-bond acceptors (Lipinski definition) is 3. The number of nitrogens with one attached hydrogen (secondary N) is 2. The molecule has 122 valence electrons. The van der Waals surface area contributed by atoms with Gasteiger partial charge < -0.3 is 15.1 Å². The molecule has 4 nitrogen and oxygen atoms in total. The van der Waals surface area contributed by atoms with Crippen molar-refractivity contribution in [3.8, 4) is 0 Å². The minimum absolute atomic E-state index is 0. The fourth-order valence-corrected chi connectivity index (χ4v) is 2.43. The van der Waals surface area contributed by atoms with Crippen LogP contribution in [0.1, 0.15) is 30.9 Å². The van der Waals surface area contributed by atoms with E-state index in [1.54, 1.807) is 17.6 Å². The van der Waals surface area contributed by atoms with Crippen LogP contribution in [0.25, 0.3) is 0 Å². The third-order valence-corrected chi connectivity index (χ3v) is 4.07. The largest absolute Gasteiger partial charge is 0.469 e. The molecule has 0 aromatic carbocycles. The molecule has 1 unspecified atom stereocenters. The topological polar surface area (TPSA) is 49.6 Å². The lowest BCUT2D eigenvalue weighted by Gasteiger charge is -2.16. The molecule has 0 aliphatic rings. The van der Waals surface area contributed by atoms with Gasteiger partial charge in [-0.15, -0.1) is 35.3 Å². The van der Waals surface area contributed by atoms with Crippen molar-refractivity contribution in [2.75, 3.05) is 6.54 Å². The minimum Gasteiger partial charge on any atom is -0.469 e. The summed E-state index contributed by atoms with van der Waals surface area (Å²) in [6.07, 6.45) is 3.63. The van der Waals surface area contributed by atoms with Crippen molar-refractivity contribution in [2.45, 2.75) is 39.3 Å². The van der Waals surface area contributed by atoms with Gasteiger partial charge >= 0.3 is 0 Å². The van der Waals surface area contributed by atoms with E-state index in [4.69, 9.17) is 4.42 Å². The first-order valence-electron chi connectivity index (χ1n) is 7.37. The van der Waals surface area contributed by atoms with Crippen LogP contribution >= 0.6 is 35.3 Å². The number of rotatable bonds is 7. The van der Waals surface area contributed by atoms with E-state index >= 15 is 0 Å². The Labute approximate surface area is 153 Å². The van der Waals surface area contributed by atoms with E-state index in [9.17, 15) is 0 Å². The molecule has 2 aromatic heterocycles. The second-order valence-corrected chi connectivity index (χ2v) is 5.99. The molecule has 0 aliphatic carbocycles. The average Bonchev–Trinajstić information content (AvgIpc) is 3.17. The van der Waals surface area contributed by atoms with E-state index in [-0.39, 0.29) is 24.0 Å². The smallest absolute Gasteiger partial charge is 0.191 e. The third kappa shape index (κ3) is 6.83. The third-order valence-electron chi connectivity index (χ3n) is 3.21. The quantitative estimate of drug-likeness (QED) is 0.394. The second kappa shape index (κ2) is 10.7. The molecule has 0 aliphatic heterocycles. The van der Waals surface area contributed by atoms with Crippen LogP contribution in [0.15, 0.2) is 45.3 Å². The molecule has 0 fully saturated rings. The molecule has 1 atom stereocenters. The first-order chi connectivity index (χ1) is 10.3. The molecule has 6 heteroatoms. The zero-order valence-corrected chi connectivity index (χ0v) is 16.2. The van der Waals surface area contributed by atoms with Crippen LogP contribution < -0.4 is 10.6 Å². The number of aliphatic imine (C=N–C) groups is 1. The Morgan fingerprint density at radius 3 is 2.86 bits per heavy atom. The average molecular weight is 433 g/mol. The molecule has 0 radical (unpaired) electrons. The molecule has 2 rings (SSSR count). The summed E-state index contributed by atoms with van der Waals surface area (Å²) in [5.74, 6) is 1.85. The van der Waals surface area contributed by atoms with Gasteiger partial charge in [0, 0.05) is 23.9 Å². The Hall–Kier alpha value is -1.02. The highest BCUT2D eigenvalue weighted by molar-refractivity contribution is 14.0. The number of halogens is 1. The molecule has 0 saturated heterocycles. The molecule has 0 amide bonds. The lowest BCUT2D eigenvalue weighted by atomic mass is 10.3. The Kier molecular flexibility index (Phi) is 9.22. The first kappa shape index (κ1) is 19.0. The number of nitrogens with zero attached hydrogens (tertiary/aromatic N) is 1. The maximum absolute atomic E-state index is 5.34. The van der Waals surface area contributed by atoms with Gasteiger partial charge in [-0.25, -0.2) is 4.99 Å². The van der Waals surface area contributed by atoms with Crippen LogP contribution in [-0.2, 0) is 13.0 Å². The molecular weight excluding hydrogens is 409 g/mol. The van der Waals surface area contributed by atoms with Gasteiger partial charge in [-0.2, -0.15) is 0 Å². The molecular formula is C16H24IN3OS. The van der Waals surface area contributed by atoms with Crippen molar-refractivity contribution in [1.82, 2.24) is 10.6 Å². The molecule has 22 heavy (non-hydrogen) atoms. The predicted molar refractivity (Wildman–Crippen MR) is 104 cm³/mol. The second-order valence-electron chi connectivity index (χ2n) is 4.95. The van der Waals surface area contributed by atoms with E-state index in [0.717, 1.165) is 31.1 Å². The van der Waals surface area contributed by atoms with Gasteiger partial charge in [0.1, 0.15) is 5.76 Å². The lowest BCUT2D eigenvalue weighted by Crippen LogP contribution is -2.42. The van der Waals surface area contributed by atoms with Crippen LogP contribution in [0.5, 0.6) is 0 Å². The minimum atomic E-state index is 0. The van der Waals surface area contributed by atoms with Crippen molar-refractivity contribution in [3.63, 3.8) is 0 Å². The highest BCUT2D eigenvalue weighted by Gasteiger charge is 2.04. The summed E-state index contributed by atoms with van der Waals surface area (Å²) in [6.45, 7) is 5.84. The van der Waals surface area contributed by atoms with E-state index in [1.165, 1.54) is 4.88 Å². The van der Waals surface area contributed by atoms with E-state index in [0.29, 0.717) is 12.6 Å². The summed E-state index contributed by atoms with van der Waals surface area (Å²) in [7, 11) is 0. The highest BCUT2D eigenvalue weighted by Crippen LogP contribution is 2.09. The van der Waals surface area contributed by atoms with Crippen molar-refractivity contribution in [3.05, 3.63) is 46.5 Å². The van der Waals surface area contributed by atoms with Gasteiger partial charge in [0.2, 0.25) is 0 Å². The SMILES string of the molecule is CCC(C)NC(=NCc1cccs1)NCCc1ccco1.I. The Bertz CT molecular complexity index is 526. The zero-order valence-electron chi connectivity index (χ0n) is 13.0. The van der Waals surface area contributed by atoms with Gasteiger partial charge in [0.25, 0.3) is 0 Å². The summed E-state index contributed by atoms with van der Waals surface area (Å²) in [5, 5.41) is 8.87. The van der Waals surface area contributed by atoms with Crippen LogP contribution in [0.2, 0.25) is 0 Å². The van der Waals surface area contributed by atoms with Gasteiger partial charge in [-0.1, -0.05) is 13.0 Å². The number of hydrogen-bond donors (Lipinski definition) is 2. The van der Waals surface area contributed by atoms with E-state index in [2.05, 4.69) is 47.0 Å². The van der Waals surface area contributed by atoms with Crippen molar-refractivity contribution in [1.29, 1.82) is 0 Å². The van der Waals surface area contributed by atoms with Crippen LogP contribution in [-0.4, -0.2) is 18.5 Å². The summed E-state index contributed by atoms with van der Waals surface area (Å²) in [5.41, 5.74) is 0. The fraction of sp³-hybridized carbons (Fsp3) is 0.438. The van der Waals surface area contributed by atoms with E-state index < -0.39 is 0 Å². The maximum atomic E-state index is 5.34. The molecule has 2 aromatic rings. The van der Waals surface area contributed by atoms with Crippen LogP contribution in [0.3, 0.4) is 0 Å². The molecule has 0 bridgehead atoms. The normalized spacial score (nSPS) is 12.5. The van der Waals surface area contributed by atoms with Crippen molar-refractivity contribution >= 4 is 41.3 Å². The van der Waals surface area contributed by atoms with Gasteiger partial charge in [0.15, 0.2) is 5.96 Å². The highest BCUT2D eigenvalue weighted by atomic mass is 127. The van der Waals surface area contributed by atoms with Crippen molar-refractivity contribution in [2.24, 2.45) is 4.99 Å². The predicted octanol–water partition coefficient (Wildman–Crippen LogP) is 4.04. The monoisotopic (exact) mass is 433 g/mol. The van der Waals surface area contributed by atoms with Gasteiger partial charge in [-0.3, -0.25) is 0 Å². The zero-order chi connectivity index (χ0) is 14.9. The summed E-state index contributed by atoms with van der Waals surface area (Å²) in [4.78, 5) is 5.92. The molecule has 0 saturated carbocycles.